The van der Waals surface area contributed by atoms with E-state index in [1.165, 1.54) is 0 Å². The van der Waals surface area contributed by atoms with Gasteiger partial charge < -0.3 is 19.2 Å². The van der Waals surface area contributed by atoms with Gasteiger partial charge in [-0.3, -0.25) is 0 Å². The minimum absolute atomic E-state index is 0.246. The second kappa shape index (κ2) is 7.43. The molecule has 1 heterocycles. The Labute approximate surface area is 112 Å². The minimum atomic E-state index is -0.710. The number of hydrogen-bond acceptors (Lipinski definition) is 4. The van der Waals surface area contributed by atoms with Crippen molar-refractivity contribution in [3.05, 3.63) is 0 Å². The van der Waals surface area contributed by atoms with Crippen LogP contribution < -0.4 is 5.32 Å². The van der Waals surface area contributed by atoms with Crippen molar-refractivity contribution in [3.63, 3.8) is 0 Å². The van der Waals surface area contributed by atoms with Crippen molar-refractivity contribution in [1.82, 2.24) is 10.2 Å². The zero-order chi connectivity index (χ0) is 13.5. The third-order valence-corrected chi connectivity index (χ3v) is 2.82. The van der Waals surface area contributed by atoms with E-state index >= 15 is 0 Å². The Morgan fingerprint density at radius 3 is 2.50 bits per heavy atom. The fourth-order valence-corrected chi connectivity index (χ4v) is 1.85. The molecule has 0 aromatic rings. The molecule has 1 atom stereocenters. The van der Waals surface area contributed by atoms with Crippen molar-refractivity contribution >= 4 is 23.9 Å². The first-order valence-electron chi connectivity index (χ1n) is 6.00. The van der Waals surface area contributed by atoms with Crippen LogP contribution in [-0.2, 0) is 13.8 Å². The summed E-state index contributed by atoms with van der Waals surface area (Å²) in [5, 5.41) is 2.64. The number of hydrogen-bond donors (Lipinski definition) is 1. The van der Waals surface area contributed by atoms with Crippen molar-refractivity contribution in [2.75, 3.05) is 26.3 Å². The molecule has 1 saturated heterocycles. The van der Waals surface area contributed by atoms with E-state index in [0.717, 1.165) is 0 Å². The highest BCUT2D eigenvalue weighted by Gasteiger charge is 2.26. The van der Waals surface area contributed by atoms with Gasteiger partial charge in [0.05, 0.1) is 13.2 Å². The molecule has 0 radical (unpaired) electrons. The average molecular weight is 279 g/mol. The average Bonchev–Trinajstić information content (AvgIpc) is 2.37. The molecule has 104 valence electrons. The van der Waals surface area contributed by atoms with Crippen LogP contribution in [0.5, 0.6) is 0 Å². The molecule has 0 bridgehead atoms. The van der Waals surface area contributed by atoms with Crippen molar-refractivity contribution in [1.29, 1.82) is 0 Å². The van der Waals surface area contributed by atoms with Gasteiger partial charge in [0.25, 0.3) is 0 Å². The highest BCUT2D eigenvalue weighted by Crippen LogP contribution is 2.08. The Bertz CT molecular complexity index is 293. The van der Waals surface area contributed by atoms with E-state index < -0.39 is 12.0 Å². The summed E-state index contributed by atoms with van der Waals surface area (Å²) in [5.41, 5.74) is 0. The lowest BCUT2D eigenvalue weighted by Gasteiger charge is -2.28. The number of amides is 2. The lowest BCUT2D eigenvalue weighted by Crippen LogP contribution is -2.51. The van der Waals surface area contributed by atoms with Crippen LogP contribution in [-0.4, -0.2) is 49.2 Å². The Balaban J connectivity index is 2.52. The van der Waals surface area contributed by atoms with Crippen LogP contribution in [0.2, 0.25) is 0 Å². The molecule has 1 rings (SSSR count). The minimum Gasteiger partial charge on any atom is -0.378 e. The second-order valence-corrected chi connectivity index (χ2v) is 4.78. The van der Waals surface area contributed by atoms with Crippen molar-refractivity contribution in [2.45, 2.75) is 26.3 Å². The van der Waals surface area contributed by atoms with Gasteiger partial charge in [-0.1, -0.05) is 13.8 Å². The van der Waals surface area contributed by atoms with Crippen molar-refractivity contribution < 1.29 is 18.6 Å². The topological polar surface area (TPSA) is 67.9 Å². The van der Waals surface area contributed by atoms with Gasteiger partial charge in [-0.25, -0.2) is 9.59 Å². The largest absolute Gasteiger partial charge is 0.378 e. The molecule has 1 aliphatic heterocycles. The number of nitrogens with one attached hydrogen (secondary N) is 1. The molecule has 1 fully saturated rings. The summed E-state index contributed by atoms with van der Waals surface area (Å²) in [7, 11) is 0. The van der Waals surface area contributed by atoms with E-state index in [1.54, 1.807) is 4.90 Å². The quantitative estimate of drug-likeness (QED) is 0.837. The van der Waals surface area contributed by atoms with Gasteiger partial charge in [0.2, 0.25) is 0 Å². The smallest absolute Gasteiger partial charge is 0.346 e. The van der Waals surface area contributed by atoms with Crippen LogP contribution in [0.15, 0.2) is 0 Å². The molecule has 0 saturated carbocycles. The molecule has 0 aromatic heterocycles. The number of rotatable bonds is 4. The van der Waals surface area contributed by atoms with Gasteiger partial charge >= 0.3 is 12.0 Å². The molecule has 2 amide bonds. The van der Waals surface area contributed by atoms with Crippen LogP contribution in [0, 0.1) is 5.92 Å². The van der Waals surface area contributed by atoms with Crippen LogP contribution in [0.1, 0.15) is 20.3 Å². The van der Waals surface area contributed by atoms with Crippen molar-refractivity contribution in [2.24, 2.45) is 5.92 Å². The number of carbonyl (C=O) groups excluding carboxylic acids is 2. The maximum atomic E-state index is 11.9. The van der Waals surface area contributed by atoms with Crippen molar-refractivity contribution in [3.8, 4) is 0 Å². The normalized spacial score (nSPS) is 17.4. The van der Waals surface area contributed by atoms with Crippen LogP contribution in [0.4, 0.5) is 4.79 Å². The lowest BCUT2D eigenvalue weighted by atomic mass is 10.0. The second-order valence-electron chi connectivity index (χ2n) is 4.63. The molecule has 0 unspecified atom stereocenters. The molecule has 7 heteroatoms. The Hall–Kier alpha value is -1.01. The molecule has 18 heavy (non-hydrogen) atoms. The first kappa shape index (κ1) is 15.0. The van der Waals surface area contributed by atoms with Crippen LogP contribution >= 0.6 is 11.9 Å². The number of carbonyl (C=O) groups is 2. The number of halogens is 1. The third-order valence-electron chi connectivity index (χ3n) is 2.66. The fraction of sp³-hybridized carbons (Fsp3) is 0.818. The summed E-state index contributed by atoms with van der Waals surface area (Å²) >= 11 is 5.06. The molecule has 0 aliphatic carbocycles. The predicted octanol–water partition coefficient (Wildman–Crippen LogP) is 1.14. The highest BCUT2D eigenvalue weighted by molar-refractivity contribution is 6.13. The first-order chi connectivity index (χ1) is 8.54. The number of ether oxygens (including phenoxy) is 1. The maximum absolute atomic E-state index is 11.9. The van der Waals surface area contributed by atoms with Gasteiger partial charge in [-0.05, 0) is 12.3 Å². The summed E-state index contributed by atoms with van der Waals surface area (Å²) in [4.78, 5) is 25.0. The first-order valence-corrected chi connectivity index (χ1v) is 6.31. The highest BCUT2D eigenvalue weighted by atomic mass is 35.5. The SMILES string of the molecule is CC(C)C[C@H](NC(=O)N1CCOCC1)C(=O)OCl. The lowest BCUT2D eigenvalue weighted by molar-refractivity contribution is -0.136. The number of nitrogens with zero attached hydrogens (tertiary/aromatic N) is 1. The summed E-state index contributed by atoms with van der Waals surface area (Å²) in [6, 6.07) is -0.996. The van der Waals surface area contributed by atoms with E-state index in [9.17, 15) is 9.59 Å². The molecule has 0 spiro atoms. The van der Waals surface area contributed by atoms with Gasteiger partial charge in [0.1, 0.15) is 17.9 Å². The van der Waals surface area contributed by atoms with Crippen LogP contribution in [0.3, 0.4) is 0 Å². The van der Waals surface area contributed by atoms with E-state index in [-0.39, 0.29) is 11.9 Å². The van der Waals surface area contributed by atoms with E-state index in [4.69, 9.17) is 16.6 Å². The Kier molecular flexibility index (Phi) is 6.21. The summed E-state index contributed by atoms with van der Waals surface area (Å²) in [6.07, 6.45) is 0.488. The van der Waals surface area contributed by atoms with E-state index in [0.29, 0.717) is 32.7 Å². The molecule has 6 nitrogen and oxygen atoms in total. The van der Waals surface area contributed by atoms with Gasteiger partial charge in [0.15, 0.2) is 0 Å². The molecule has 1 aliphatic rings. The van der Waals surface area contributed by atoms with E-state index in [1.807, 2.05) is 13.8 Å². The number of morpholine rings is 1. The van der Waals surface area contributed by atoms with Crippen LogP contribution in [0.25, 0.3) is 0 Å². The molecule has 1 N–H and O–H groups in total. The van der Waals surface area contributed by atoms with Gasteiger partial charge in [-0.15, -0.1) is 0 Å². The summed E-state index contributed by atoms with van der Waals surface area (Å²) < 4.78 is 9.33. The standard InChI is InChI=1S/C11H19ClN2O4/c1-8(2)7-9(10(15)18-12)13-11(16)14-3-5-17-6-4-14/h8-9H,3-7H2,1-2H3,(H,13,16)/t9-/m0/s1. The zero-order valence-corrected chi connectivity index (χ0v) is 11.4. The maximum Gasteiger partial charge on any atom is 0.346 e. The van der Waals surface area contributed by atoms with E-state index in [2.05, 4.69) is 9.61 Å². The fourth-order valence-electron chi connectivity index (χ4n) is 1.75. The van der Waals surface area contributed by atoms with Gasteiger partial charge in [0, 0.05) is 13.1 Å². The predicted molar refractivity (Wildman–Crippen MR) is 66.1 cm³/mol. The monoisotopic (exact) mass is 278 g/mol. The number of urea groups is 1. The zero-order valence-electron chi connectivity index (χ0n) is 10.6. The van der Waals surface area contributed by atoms with Gasteiger partial charge in [-0.2, -0.15) is 0 Å². The Morgan fingerprint density at radius 1 is 1.39 bits per heavy atom. The molecular weight excluding hydrogens is 260 g/mol. The molecule has 0 aromatic carbocycles. The Morgan fingerprint density at radius 2 is 2.00 bits per heavy atom. The third kappa shape index (κ3) is 4.70. The summed E-state index contributed by atoms with van der Waals surface area (Å²) in [5.74, 6) is -0.386. The molecular formula is C11H19ClN2O4. The summed E-state index contributed by atoms with van der Waals surface area (Å²) in [6.45, 7) is 5.99.